The minimum Gasteiger partial charge on any atom is -0.349 e. The van der Waals surface area contributed by atoms with Crippen molar-refractivity contribution in [1.82, 2.24) is 10.3 Å². The molecule has 1 amide bonds. The summed E-state index contributed by atoms with van der Waals surface area (Å²) in [5.74, 6) is 0.0185. The zero-order valence-electron chi connectivity index (χ0n) is 14.7. The lowest BCUT2D eigenvalue weighted by molar-refractivity contribution is 0.0952. The van der Waals surface area contributed by atoms with Crippen molar-refractivity contribution in [2.45, 2.75) is 39.2 Å². The maximum atomic E-state index is 12.9. The number of para-hydroxylation sites is 1. The molecule has 1 saturated carbocycles. The minimum atomic E-state index is 0.0185. The average molecular weight is 330 g/mol. The second-order valence-corrected chi connectivity index (χ2v) is 6.78. The summed E-state index contributed by atoms with van der Waals surface area (Å²) in [6.07, 6.45) is 3.18. The first-order valence-corrected chi connectivity index (χ1v) is 8.97. The van der Waals surface area contributed by atoms with Gasteiger partial charge in [-0.1, -0.05) is 49.4 Å². The third kappa shape index (κ3) is 3.02. The molecule has 1 aliphatic carbocycles. The molecule has 0 atom stereocenters. The molecule has 0 aliphatic heterocycles. The maximum Gasteiger partial charge on any atom is 0.252 e. The van der Waals surface area contributed by atoms with Gasteiger partial charge in [-0.15, -0.1) is 0 Å². The Balaban J connectivity index is 1.89. The van der Waals surface area contributed by atoms with E-state index in [1.54, 1.807) is 0 Å². The van der Waals surface area contributed by atoms with E-state index in [1.807, 2.05) is 31.2 Å². The first-order chi connectivity index (χ1) is 12.2. The highest BCUT2D eigenvalue weighted by Crippen LogP contribution is 2.30. The number of carbonyl (C=O) groups is 1. The highest BCUT2D eigenvalue weighted by molar-refractivity contribution is 6.09. The van der Waals surface area contributed by atoms with Crippen LogP contribution in [0, 0.1) is 6.92 Å². The molecule has 1 aliphatic rings. The molecule has 0 spiro atoms. The number of hydrogen-bond acceptors (Lipinski definition) is 2. The summed E-state index contributed by atoms with van der Waals surface area (Å²) in [6, 6.07) is 16.7. The molecule has 126 valence electrons. The van der Waals surface area contributed by atoms with E-state index in [0.717, 1.165) is 52.5 Å². The standard InChI is InChI=1S/C22H22N2O/c1-3-15-8-10-16(11-9-15)21-14(2)20(22(25)23-17-12-13-17)18-6-4-5-7-19(18)24-21/h4-11,17H,3,12-13H2,1-2H3,(H,23,25). The number of pyridine rings is 1. The van der Waals surface area contributed by atoms with Gasteiger partial charge in [0.05, 0.1) is 16.8 Å². The minimum absolute atomic E-state index is 0.0185. The monoisotopic (exact) mass is 330 g/mol. The van der Waals surface area contributed by atoms with E-state index in [2.05, 4.69) is 36.5 Å². The number of rotatable bonds is 4. The third-order valence-corrected chi connectivity index (χ3v) is 4.91. The van der Waals surface area contributed by atoms with Crippen LogP contribution >= 0.6 is 0 Å². The Bertz CT molecular complexity index is 940. The smallest absolute Gasteiger partial charge is 0.252 e. The van der Waals surface area contributed by atoms with E-state index in [4.69, 9.17) is 4.98 Å². The average Bonchev–Trinajstić information content (AvgIpc) is 3.45. The molecule has 4 rings (SSSR count). The fraction of sp³-hybridized carbons (Fsp3) is 0.273. The van der Waals surface area contributed by atoms with E-state index in [0.29, 0.717) is 6.04 Å². The van der Waals surface area contributed by atoms with Crippen LogP contribution in [0.4, 0.5) is 0 Å². The van der Waals surface area contributed by atoms with E-state index in [9.17, 15) is 4.79 Å². The van der Waals surface area contributed by atoms with Crippen LogP contribution < -0.4 is 5.32 Å². The number of amides is 1. The van der Waals surface area contributed by atoms with Crippen molar-refractivity contribution in [3.05, 3.63) is 65.2 Å². The van der Waals surface area contributed by atoms with Gasteiger partial charge in [0.1, 0.15) is 0 Å². The molecule has 3 nitrogen and oxygen atoms in total. The summed E-state index contributed by atoms with van der Waals surface area (Å²) in [5.41, 5.74) is 5.81. The van der Waals surface area contributed by atoms with E-state index in [-0.39, 0.29) is 5.91 Å². The Morgan fingerprint density at radius 3 is 2.52 bits per heavy atom. The van der Waals surface area contributed by atoms with Gasteiger partial charge >= 0.3 is 0 Å². The predicted octanol–water partition coefficient (Wildman–Crippen LogP) is 4.66. The zero-order valence-corrected chi connectivity index (χ0v) is 14.7. The Kier molecular flexibility index (Phi) is 4.00. The molecule has 1 aromatic heterocycles. The van der Waals surface area contributed by atoms with Crippen molar-refractivity contribution in [1.29, 1.82) is 0 Å². The van der Waals surface area contributed by atoms with Crippen molar-refractivity contribution >= 4 is 16.8 Å². The second kappa shape index (κ2) is 6.32. The number of fused-ring (bicyclic) bond motifs is 1. The van der Waals surface area contributed by atoms with E-state index < -0.39 is 0 Å². The summed E-state index contributed by atoms with van der Waals surface area (Å²) in [4.78, 5) is 17.7. The summed E-state index contributed by atoms with van der Waals surface area (Å²) in [6.45, 7) is 4.15. The van der Waals surface area contributed by atoms with Crippen LogP contribution in [0.1, 0.15) is 41.3 Å². The number of hydrogen-bond donors (Lipinski definition) is 1. The van der Waals surface area contributed by atoms with Crippen molar-refractivity contribution in [3.8, 4) is 11.3 Å². The molecule has 1 heterocycles. The summed E-state index contributed by atoms with van der Waals surface area (Å²) in [5, 5.41) is 4.06. The van der Waals surface area contributed by atoms with Crippen LogP contribution in [0.5, 0.6) is 0 Å². The SMILES string of the molecule is CCc1ccc(-c2nc3ccccc3c(C(=O)NC3CC3)c2C)cc1. The topological polar surface area (TPSA) is 42.0 Å². The number of carbonyl (C=O) groups excluding carboxylic acids is 1. The fourth-order valence-corrected chi connectivity index (χ4v) is 3.26. The highest BCUT2D eigenvalue weighted by atomic mass is 16.1. The first-order valence-electron chi connectivity index (χ1n) is 8.97. The molecule has 1 N–H and O–H groups in total. The Morgan fingerprint density at radius 2 is 1.84 bits per heavy atom. The van der Waals surface area contributed by atoms with Gasteiger partial charge in [0, 0.05) is 17.0 Å². The van der Waals surface area contributed by atoms with E-state index in [1.165, 1.54) is 5.56 Å². The molecule has 0 radical (unpaired) electrons. The molecular weight excluding hydrogens is 308 g/mol. The van der Waals surface area contributed by atoms with Crippen LogP contribution in [0.25, 0.3) is 22.2 Å². The van der Waals surface area contributed by atoms with Gasteiger partial charge in [0.2, 0.25) is 0 Å². The normalized spacial score (nSPS) is 13.8. The Hall–Kier alpha value is -2.68. The lowest BCUT2D eigenvalue weighted by Crippen LogP contribution is -2.26. The Morgan fingerprint density at radius 1 is 1.12 bits per heavy atom. The predicted molar refractivity (Wildman–Crippen MR) is 102 cm³/mol. The maximum absolute atomic E-state index is 12.9. The molecule has 0 unspecified atom stereocenters. The summed E-state index contributed by atoms with van der Waals surface area (Å²) < 4.78 is 0. The summed E-state index contributed by atoms with van der Waals surface area (Å²) >= 11 is 0. The van der Waals surface area contributed by atoms with Crippen molar-refractivity contribution in [3.63, 3.8) is 0 Å². The van der Waals surface area contributed by atoms with Gasteiger partial charge in [-0.2, -0.15) is 0 Å². The molecule has 25 heavy (non-hydrogen) atoms. The number of aromatic nitrogens is 1. The largest absolute Gasteiger partial charge is 0.349 e. The quantitative estimate of drug-likeness (QED) is 0.755. The molecular formula is C22H22N2O. The van der Waals surface area contributed by atoms with Gasteiger partial charge in [-0.05, 0) is 43.4 Å². The van der Waals surface area contributed by atoms with Gasteiger partial charge < -0.3 is 5.32 Å². The van der Waals surface area contributed by atoms with Crippen molar-refractivity contribution in [2.24, 2.45) is 0 Å². The third-order valence-electron chi connectivity index (χ3n) is 4.91. The molecule has 3 aromatic rings. The van der Waals surface area contributed by atoms with Gasteiger partial charge in [0.25, 0.3) is 5.91 Å². The molecule has 3 heteroatoms. The number of nitrogens with one attached hydrogen (secondary N) is 1. The molecule has 0 bridgehead atoms. The Labute approximate surface area is 148 Å². The van der Waals surface area contributed by atoms with Gasteiger partial charge in [-0.3, -0.25) is 4.79 Å². The van der Waals surface area contributed by atoms with Crippen LogP contribution in [0.2, 0.25) is 0 Å². The van der Waals surface area contributed by atoms with Crippen LogP contribution in [-0.2, 0) is 6.42 Å². The lowest BCUT2D eigenvalue weighted by Gasteiger charge is -2.15. The fourth-order valence-electron chi connectivity index (χ4n) is 3.26. The summed E-state index contributed by atoms with van der Waals surface area (Å²) in [7, 11) is 0. The zero-order chi connectivity index (χ0) is 17.4. The van der Waals surface area contributed by atoms with Crippen LogP contribution in [0.15, 0.2) is 48.5 Å². The van der Waals surface area contributed by atoms with Crippen molar-refractivity contribution in [2.75, 3.05) is 0 Å². The molecule has 2 aromatic carbocycles. The van der Waals surface area contributed by atoms with Gasteiger partial charge in [0.15, 0.2) is 0 Å². The van der Waals surface area contributed by atoms with E-state index >= 15 is 0 Å². The van der Waals surface area contributed by atoms with Crippen LogP contribution in [0.3, 0.4) is 0 Å². The number of nitrogens with zero attached hydrogens (tertiary/aromatic N) is 1. The second-order valence-electron chi connectivity index (χ2n) is 6.78. The number of aryl methyl sites for hydroxylation is 1. The molecule has 1 fully saturated rings. The van der Waals surface area contributed by atoms with Gasteiger partial charge in [-0.25, -0.2) is 4.98 Å². The molecule has 0 saturated heterocycles. The van der Waals surface area contributed by atoms with Crippen LogP contribution in [-0.4, -0.2) is 16.9 Å². The number of benzene rings is 2. The first kappa shape index (κ1) is 15.8. The highest BCUT2D eigenvalue weighted by Gasteiger charge is 2.26. The lowest BCUT2D eigenvalue weighted by atomic mass is 9.96. The van der Waals surface area contributed by atoms with Crippen molar-refractivity contribution < 1.29 is 4.79 Å².